The lowest BCUT2D eigenvalue weighted by atomic mass is 10.0. The zero-order valence-electron chi connectivity index (χ0n) is 43.4. The predicted octanol–water partition coefficient (Wildman–Crippen LogP) is 17.4. The number of aliphatic hydroxyl groups excluding tert-OH is 2. The molecule has 3 N–H and O–H groups in total. The molecule has 65 heavy (non-hydrogen) atoms. The fourth-order valence-electron chi connectivity index (χ4n) is 8.66. The van der Waals surface area contributed by atoms with Gasteiger partial charge < -0.3 is 20.3 Å². The van der Waals surface area contributed by atoms with Crippen molar-refractivity contribution in [2.24, 2.45) is 0 Å². The maximum absolute atomic E-state index is 13.3. The molecule has 6 heteroatoms. The Labute approximate surface area is 404 Å². The smallest absolute Gasteiger partial charge is 0.306 e. The Morgan fingerprint density at radius 1 is 0.462 bits per heavy atom. The summed E-state index contributed by atoms with van der Waals surface area (Å²) in [5.41, 5.74) is 0. The van der Waals surface area contributed by atoms with Crippen molar-refractivity contribution in [3.8, 4) is 0 Å². The van der Waals surface area contributed by atoms with Crippen LogP contribution >= 0.6 is 0 Å². The molecule has 380 valence electrons. The van der Waals surface area contributed by atoms with Gasteiger partial charge in [-0.1, -0.05) is 262 Å². The number of allylic oxidation sites excluding steroid dienone is 8. The summed E-state index contributed by atoms with van der Waals surface area (Å²) in [7, 11) is 0. The lowest BCUT2D eigenvalue weighted by molar-refractivity contribution is -0.151. The average Bonchev–Trinajstić information content (AvgIpc) is 3.30. The minimum Gasteiger partial charge on any atom is -0.462 e. The van der Waals surface area contributed by atoms with E-state index >= 15 is 0 Å². The highest BCUT2D eigenvalue weighted by atomic mass is 16.5. The summed E-state index contributed by atoms with van der Waals surface area (Å²) in [6.45, 7) is 6.39. The normalized spacial score (nSPS) is 13.5. The molecule has 0 aromatic carbocycles. The maximum atomic E-state index is 13.3. The highest BCUT2D eigenvalue weighted by molar-refractivity contribution is 5.77. The van der Waals surface area contributed by atoms with Gasteiger partial charge in [0.2, 0.25) is 5.91 Å². The van der Waals surface area contributed by atoms with E-state index < -0.39 is 18.2 Å². The molecule has 3 atom stereocenters. The first-order valence-corrected chi connectivity index (χ1v) is 28.4. The lowest BCUT2D eigenvalue weighted by Gasteiger charge is -2.24. The van der Waals surface area contributed by atoms with Crippen LogP contribution in [0, 0.1) is 0 Å². The van der Waals surface area contributed by atoms with Crippen molar-refractivity contribution in [3.63, 3.8) is 0 Å². The van der Waals surface area contributed by atoms with Crippen molar-refractivity contribution in [2.75, 3.05) is 6.61 Å². The zero-order chi connectivity index (χ0) is 47.4. The summed E-state index contributed by atoms with van der Waals surface area (Å²) in [5.74, 6) is -0.498. The van der Waals surface area contributed by atoms with E-state index in [9.17, 15) is 19.8 Å². The first-order chi connectivity index (χ1) is 32.0. The van der Waals surface area contributed by atoms with Gasteiger partial charge in [0.1, 0.15) is 6.10 Å². The van der Waals surface area contributed by atoms with Gasteiger partial charge in [0.15, 0.2) is 0 Å². The second-order valence-electron chi connectivity index (χ2n) is 19.3. The van der Waals surface area contributed by atoms with Crippen molar-refractivity contribution < 1.29 is 24.5 Å². The van der Waals surface area contributed by atoms with Crippen LogP contribution in [0.2, 0.25) is 0 Å². The van der Waals surface area contributed by atoms with E-state index in [0.29, 0.717) is 19.3 Å². The number of ether oxygens (including phenoxy) is 1. The molecule has 0 aliphatic heterocycles. The Kier molecular flexibility index (Phi) is 51.0. The van der Waals surface area contributed by atoms with Crippen LogP contribution in [0.5, 0.6) is 0 Å². The number of esters is 1. The van der Waals surface area contributed by atoms with Crippen LogP contribution in [0.15, 0.2) is 48.6 Å². The summed E-state index contributed by atoms with van der Waals surface area (Å²) >= 11 is 0. The number of aliphatic hydroxyl groups is 2. The fraction of sp³-hybridized carbons (Fsp3) is 0.831. The summed E-state index contributed by atoms with van der Waals surface area (Å²) in [5, 5.41) is 23.9. The Hall–Kier alpha value is -2.18. The van der Waals surface area contributed by atoms with E-state index in [0.717, 1.165) is 83.5 Å². The van der Waals surface area contributed by atoms with Crippen LogP contribution < -0.4 is 5.32 Å². The Morgan fingerprint density at radius 3 is 1.25 bits per heavy atom. The van der Waals surface area contributed by atoms with Crippen molar-refractivity contribution >= 4 is 11.9 Å². The third-order valence-electron chi connectivity index (χ3n) is 12.9. The third-order valence-corrected chi connectivity index (χ3v) is 12.9. The molecule has 0 rings (SSSR count). The van der Waals surface area contributed by atoms with Crippen molar-refractivity contribution in [2.45, 2.75) is 309 Å². The minimum absolute atomic E-state index is 0.0677. The first kappa shape index (κ1) is 62.8. The van der Waals surface area contributed by atoms with E-state index in [-0.39, 0.29) is 24.9 Å². The number of rotatable bonds is 51. The van der Waals surface area contributed by atoms with Crippen LogP contribution in [0.3, 0.4) is 0 Å². The molecular formula is C59H109NO5. The van der Waals surface area contributed by atoms with E-state index in [4.69, 9.17) is 4.74 Å². The minimum atomic E-state index is -0.793. The molecule has 6 nitrogen and oxygen atoms in total. The largest absolute Gasteiger partial charge is 0.462 e. The Bertz CT molecular complexity index is 1110. The molecule has 0 bridgehead atoms. The molecule has 0 saturated carbocycles. The fourth-order valence-corrected chi connectivity index (χ4v) is 8.66. The average molecular weight is 913 g/mol. The number of unbranched alkanes of at least 4 members (excludes halogenated alkanes) is 31. The van der Waals surface area contributed by atoms with Gasteiger partial charge >= 0.3 is 5.97 Å². The second kappa shape index (κ2) is 52.8. The molecule has 1 amide bonds. The summed E-state index contributed by atoms with van der Waals surface area (Å²) in [6, 6.07) is -0.707. The molecule has 0 heterocycles. The van der Waals surface area contributed by atoms with Crippen molar-refractivity contribution in [3.05, 3.63) is 48.6 Å². The molecular weight excluding hydrogens is 803 g/mol. The molecule has 0 aliphatic rings. The summed E-state index contributed by atoms with van der Waals surface area (Å²) < 4.78 is 5.94. The summed E-state index contributed by atoms with van der Waals surface area (Å²) in [6.07, 6.45) is 64.6. The van der Waals surface area contributed by atoms with Crippen molar-refractivity contribution in [1.29, 1.82) is 0 Å². The Balaban J connectivity index is 4.57. The SMILES string of the molecule is CC/C=C/C/C=C/C/C=C/C/C=C/CCCCCC(=O)OC(CCCCCCCCCCCCCCCC)CC(=O)NC(CO)C(O)CCCCCCCCCCCCCCCCCC. The molecule has 3 unspecified atom stereocenters. The van der Waals surface area contributed by atoms with E-state index in [1.807, 2.05) is 0 Å². The molecule has 0 radical (unpaired) electrons. The van der Waals surface area contributed by atoms with Crippen LogP contribution in [0.4, 0.5) is 0 Å². The van der Waals surface area contributed by atoms with Gasteiger partial charge in [-0.3, -0.25) is 9.59 Å². The number of hydrogen-bond acceptors (Lipinski definition) is 5. The van der Waals surface area contributed by atoms with E-state index in [2.05, 4.69) is 74.7 Å². The third kappa shape index (κ3) is 48.1. The monoisotopic (exact) mass is 912 g/mol. The van der Waals surface area contributed by atoms with Gasteiger partial charge in [-0.25, -0.2) is 0 Å². The van der Waals surface area contributed by atoms with Crippen molar-refractivity contribution in [1.82, 2.24) is 5.32 Å². The predicted molar refractivity (Wildman–Crippen MR) is 282 cm³/mol. The van der Waals surface area contributed by atoms with Gasteiger partial charge in [0.25, 0.3) is 0 Å². The quantitative estimate of drug-likeness (QED) is 0.0321. The standard InChI is InChI=1S/C59H109NO5/c1-4-7-10-13-16-19-22-25-28-30-33-36-39-42-45-48-51-57(62)56(54-61)60-58(63)53-55(50-47-44-41-38-35-32-27-24-21-18-15-12-9-6-3)65-59(64)52-49-46-43-40-37-34-31-29-26-23-20-17-14-11-8-5-2/h8,11,17,20,26,29,34,37,55-57,61-62H,4-7,9-10,12-16,18-19,21-25,27-28,30-33,35-36,38-54H2,1-3H3,(H,60,63)/b11-8+,20-17+,29-26+,37-34+. The number of carbonyl (C=O) groups is 2. The molecule has 0 spiro atoms. The van der Waals surface area contributed by atoms with E-state index in [1.165, 1.54) is 161 Å². The highest BCUT2D eigenvalue weighted by Gasteiger charge is 2.24. The van der Waals surface area contributed by atoms with Gasteiger partial charge in [0.05, 0.1) is 25.2 Å². The molecule has 0 saturated heterocycles. The number of carbonyl (C=O) groups excluding carboxylic acids is 2. The van der Waals surface area contributed by atoms with Gasteiger partial charge in [-0.2, -0.15) is 0 Å². The molecule has 0 fully saturated rings. The molecule has 0 aromatic rings. The molecule has 0 aliphatic carbocycles. The van der Waals surface area contributed by atoms with Crippen LogP contribution in [-0.2, 0) is 14.3 Å². The lowest BCUT2D eigenvalue weighted by Crippen LogP contribution is -2.46. The van der Waals surface area contributed by atoms with Gasteiger partial charge in [-0.05, 0) is 64.2 Å². The second-order valence-corrected chi connectivity index (χ2v) is 19.3. The number of hydrogen-bond donors (Lipinski definition) is 3. The van der Waals surface area contributed by atoms with Crippen LogP contribution in [-0.4, -0.2) is 46.9 Å². The van der Waals surface area contributed by atoms with E-state index in [1.54, 1.807) is 0 Å². The number of amides is 1. The zero-order valence-corrected chi connectivity index (χ0v) is 43.4. The highest BCUT2D eigenvalue weighted by Crippen LogP contribution is 2.19. The van der Waals surface area contributed by atoms with Crippen LogP contribution in [0.1, 0.15) is 290 Å². The van der Waals surface area contributed by atoms with Crippen LogP contribution in [0.25, 0.3) is 0 Å². The maximum Gasteiger partial charge on any atom is 0.306 e. The van der Waals surface area contributed by atoms with Gasteiger partial charge in [0, 0.05) is 6.42 Å². The molecule has 0 aromatic heterocycles. The van der Waals surface area contributed by atoms with Gasteiger partial charge in [-0.15, -0.1) is 0 Å². The topological polar surface area (TPSA) is 95.9 Å². The summed E-state index contributed by atoms with van der Waals surface area (Å²) in [4.78, 5) is 26.2. The first-order valence-electron chi connectivity index (χ1n) is 28.4. The Morgan fingerprint density at radius 2 is 0.831 bits per heavy atom. The number of nitrogens with one attached hydrogen (secondary N) is 1.